The van der Waals surface area contributed by atoms with Gasteiger partial charge in [0, 0.05) is 25.2 Å². The standard InChI is InChI=1S/C17H20ClN3.HI/c1-13-3-5-14(6-4-13)11-20-17(19-2)21-12-15-7-9-16(18)10-8-15;/h3-10H,11-12H2,1-2H3,(H2,19,20,21);1H. The normalized spacial score (nSPS) is 10.8. The number of aryl methyl sites for hydroxylation is 1. The van der Waals surface area contributed by atoms with Crippen LogP contribution in [0.4, 0.5) is 0 Å². The number of hydrogen-bond donors (Lipinski definition) is 2. The van der Waals surface area contributed by atoms with E-state index in [-0.39, 0.29) is 24.0 Å². The van der Waals surface area contributed by atoms with Gasteiger partial charge in [-0.15, -0.1) is 24.0 Å². The third kappa shape index (κ3) is 6.23. The first-order chi connectivity index (χ1) is 10.2. The van der Waals surface area contributed by atoms with E-state index in [1.54, 1.807) is 7.05 Å². The molecule has 0 aliphatic heterocycles. The van der Waals surface area contributed by atoms with Crippen LogP contribution in [0.2, 0.25) is 5.02 Å². The second kappa shape index (κ2) is 9.69. The van der Waals surface area contributed by atoms with E-state index < -0.39 is 0 Å². The monoisotopic (exact) mass is 429 g/mol. The fourth-order valence-electron chi connectivity index (χ4n) is 1.90. The van der Waals surface area contributed by atoms with Crippen LogP contribution in [0.5, 0.6) is 0 Å². The zero-order valence-corrected chi connectivity index (χ0v) is 15.9. The number of guanidine groups is 1. The number of rotatable bonds is 4. The molecule has 2 aromatic carbocycles. The third-order valence-electron chi connectivity index (χ3n) is 3.18. The second-order valence-electron chi connectivity index (χ2n) is 4.89. The molecule has 118 valence electrons. The van der Waals surface area contributed by atoms with Crippen LogP contribution in [0.3, 0.4) is 0 Å². The fourth-order valence-corrected chi connectivity index (χ4v) is 2.03. The Kier molecular flexibility index (Phi) is 8.27. The third-order valence-corrected chi connectivity index (χ3v) is 3.43. The summed E-state index contributed by atoms with van der Waals surface area (Å²) < 4.78 is 0. The Balaban J connectivity index is 0.00000242. The molecular formula is C17H21ClIN3. The number of nitrogens with one attached hydrogen (secondary N) is 2. The van der Waals surface area contributed by atoms with E-state index in [0.717, 1.165) is 23.1 Å². The quantitative estimate of drug-likeness (QED) is 0.435. The number of hydrogen-bond acceptors (Lipinski definition) is 1. The minimum atomic E-state index is 0. The summed E-state index contributed by atoms with van der Waals surface area (Å²) in [5.74, 6) is 0.783. The lowest BCUT2D eigenvalue weighted by Gasteiger charge is -2.12. The van der Waals surface area contributed by atoms with Crippen LogP contribution < -0.4 is 10.6 Å². The lowest BCUT2D eigenvalue weighted by molar-refractivity contribution is 0.809. The number of benzene rings is 2. The molecule has 0 saturated heterocycles. The van der Waals surface area contributed by atoms with Crippen molar-refractivity contribution >= 4 is 41.5 Å². The molecule has 0 spiro atoms. The Morgan fingerprint density at radius 1 is 0.909 bits per heavy atom. The SMILES string of the molecule is CN=C(NCc1ccc(C)cc1)NCc1ccc(Cl)cc1.I. The van der Waals surface area contributed by atoms with Crippen molar-refractivity contribution in [1.29, 1.82) is 0 Å². The van der Waals surface area contributed by atoms with Gasteiger partial charge in [0.25, 0.3) is 0 Å². The minimum Gasteiger partial charge on any atom is -0.352 e. The molecule has 0 atom stereocenters. The maximum Gasteiger partial charge on any atom is 0.191 e. The molecule has 0 saturated carbocycles. The van der Waals surface area contributed by atoms with Gasteiger partial charge in [-0.3, -0.25) is 4.99 Å². The van der Waals surface area contributed by atoms with E-state index in [0.29, 0.717) is 6.54 Å². The van der Waals surface area contributed by atoms with Gasteiger partial charge in [-0.05, 0) is 30.2 Å². The molecule has 2 N–H and O–H groups in total. The molecule has 0 aliphatic carbocycles. The van der Waals surface area contributed by atoms with Gasteiger partial charge in [-0.1, -0.05) is 53.6 Å². The predicted molar refractivity (Wildman–Crippen MR) is 105 cm³/mol. The minimum absolute atomic E-state index is 0. The van der Waals surface area contributed by atoms with Crippen LogP contribution in [0.25, 0.3) is 0 Å². The smallest absolute Gasteiger partial charge is 0.191 e. The molecule has 0 heterocycles. The van der Waals surface area contributed by atoms with Gasteiger partial charge in [-0.2, -0.15) is 0 Å². The summed E-state index contributed by atoms with van der Waals surface area (Å²) in [7, 11) is 1.77. The Hall–Kier alpha value is -1.27. The Morgan fingerprint density at radius 3 is 1.82 bits per heavy atom. The van der Waals surface area contributed by atoms with Gasteiger partial charge in [-0.25, -0.2) is 0 Å². The first-order valence-electron chi connectivity index (χ1n) is 6.92. The summed E-state index contributed by atoms with van der Waals surface area (Å²) in [6, 6.07) is 16.2. The van der Waals surface area contributed by atoms with Crippen molar-refractivity contribution in [2.24, 2.45) is 4.99 Å². The highest BCUT2D eigenvalue weighted by atomic mass is 127. The first kappa shape index (κ1) is 18.8. The van der Waals surface area contributed by atoms with Crippen molar-refractivity contribution in [1.82, 2.24) is 10.6 Å². The Bertz CT molecular complexity index is 543. The van der Waals surface area contributed by atoms with Crippen molar-refractivity contribution in [2.75, 3.05) is 7.05 Å². The predicted octanol–water partition coefficient (Wildman–Crippen LogP) is 4.13. The van der Waals surface area contributed by atoms with Gasteiger partial charge < -0.3 is 10.6 Å². The van der Waals surface area contributed by atoms with E-state index in [9.17, 15) is 0 Å². The molecule has 0 aliphatic rings. The zero-order chi connectivity index (χ0) is 15.1. The highest BCUT2D eigenvalue weighted by Crippen LogP contribution is 2.09. The van der Waals surface area contributed by atoms with Crippen molar-refractivity contribution < 1.29 is 0 Å². The Morgan fingerprint density at radius 2 is 1.36 bits per heavy atom. The molecule has 0 bridgehead atoms. The summed E-state index contributed by atoms with van der Waals surface area (Å²) in [6.45, 7) is 3.55. The van der Waals surface area contributed by atoms with Crippen LogP contribution in [0.1, 0.15) is 16.7 Å². The summed E-state index contributed by atoms with van der Waals surface area (Å²) in [6.07, 6.45) is 0. The molecule has 22 heavy (non-hydrogen) atoms. The van der Waals surface area contributed by atoms with Crippen molar-refractivity contribution in [2.45, 2.75) is 20.0 Å². The van der Waals surface area contributed by atoms with Crippen molar-refractivity contribution in [3.8, 4) is 0 Å². The number of nitrogens with zero attached hydrogens (tertiary/aromatic N) is 1. The average molecular weight is 430 g/mol. The molecule has 2 rings (SSSR count). The van der Waals surface area contributed by atoms with Crippen molar-refractivity contribution in [3.63, 3.8) is 0 Å². The van der Waals surface area contributed by atoms with Crippen LogP contribution in [0.15, 0.2) is 53.5 Å². The maximum atomic E-state index is 5.87. The number of halogens is 2. The Labute approximate surface area is 154 Å². The van der Waals surface area contributed by atoms with E-state index in [2.05, 4.69) is 46.8 Å². The topological polar surface area (TPSA) is 36.4 Å². The lowest BCUT2D eigenvalue weighted by atomic mass is 10.1. The molecule has 0 aromatic heterocycles. The van der Waals surface area contributed by atoms with Gasteiger partial charge in [0.1, 0.15) is 0 Å². The van der Waals surface area contributed by atoms with Crippen LogP contribution in [0, 0.1) is 6.92 Å². The van der Waals surface area contributed by atoms with E-state index in [1.807, 2.05) is 24.3 Å². The lowest BCUT2D eigenvalue weighted by Crippen LogP contribution is -2.36. The first-order valence-corrected chi connectivity index (χ1v) is 7.29. The van der Waals surface area contributed by atoms with Crippen LogP contribution in [-0.2, 0) is 13.1 Å². The van der Waals surface area contributed by atoms with Gasteiger partial charge in [0.15, 0.2) is 5.96 Å². The molecule has 0 fully saturated rings. The van der Waals surface area contributed by atoms with Crippen LogP contribution in [-0.4, -0.2) is 13.0 Å². The van der Waals surface area contributed by atoms with E-state index >= 15 is 0 Å². The number of aliphatic imine (C=N–C) groups is 1. The average Bonchev–Trinajstić information content (AvgIpc) is 2.51. The largest absolute Gasteiger partial charge is 0.352 e. The van der Waals surface area contributed by atoms with Crippen molar-refractivity contribution in [3.05, 3.63) is 70.2 Å². The zero-order valence-electron chi connectivity index (χ0n) is 12.8. The van der Waals surface area contributed by atoms with Gasteiger partial charge >= 0.3 is 0 Å². The molecule has 0 amide bonds. The van der Waals surface area contributed by atoms with Gasteiger partial charge in [0.05, 0.1) is 0 Å². The molecular weight excluding hydrogens is 409 g/mol. The maximum absolute atomic E-state index is 5.87. The molecule has 5 heteroatoms. The van der Waals surface area contributed by atoms with E-state index in [4.69, 9.17) is 11.6 Å². The second-order valence-corrected chi connectivity index (χ2v) is 5.33. The highest BCUT2D eigenvalue weighted by Gasteiger charge is 1.99. The summed E-state index contributed by atoms with van der Waals surface area (Å²) in [4.78, 5) is 4.22. The van der Waals surface area contributed by atoms with E-state index in [1.165, 1.54) is 11.1 Å². The summed E-state index contributed by atoms with van der Waals surface area (Å²) >= 11 is 5.87. The van der Waals surface area contributed by atoms with Crippen LogP contribution >= 0.6 is 35.6 Å². The summed E-state index contributed by atoms with van der Waals surface area (Å²) in [5.41, 5.74) is 3.66. The molecule has 2 aromatic rings. The fraction of sp³-hybridized carbons (Fsp3) is 0.235. The molecule has 0 radical (unpaired) electrons. The van der Waals surface area contributed by atoms with Gasteiger partial charge in [0.2, 0.25) is 0 Å². The molecule has 0 unspecified atom stereocenters. The summed E-state index contributed by atoms with van der Waals surface area (Å²) in [5, 5.41) is 7.33. The highest BCUT2D eigenvalue weighted by molar-refractivity contribution is 14.0. The molecule has 3 nitrogen and oxygen atoms in total.